The number of aliphatic hydroxyl groups is 1. The minimum Gasteiger partial charge on any atom is -0.508 e. The number of nitrogens with one attached hydrogen (secondary N) is 1. The van der Waals surface area contributed by atoms with Crippen LogP contribution in [0.25, 0.3) is 0 Å². The molecule has 1 aromatic carbocycles. The topological polar surface area (TPSA) is 52.5 Å². The fraction of sp³-hybridized carbons (Fsp3) is 0.571. The molecule has 0 bridgehead atoms. The summed E-state index contributed by atoms with van der Waals surface area (Å²) in [5.41, 5.74) is 0.979. The van der Waals surface area contributed by atoms with Gasteiger partial charge in [-0.2, -0.15) is 0 Å². The third kappa shape index (κ3) is 4.36. The van der Waals surface area contributed by atoms with E-state index < -0.39 is 0 Å². The zero-order valence-electron chi connectivity index (χ0n) is 10.9. The Labute approximate surface area is 103 Å². The van der Waals surface area contributed by atoms with Crippen molar-refractivity contribution >= 4 is 0 Å². The molecule has 0 spiro atoms. The van der Waals surface area contributed by atoms with Crippen LogP contribution in [-0.4, -0.2) is 22.9 Å². The molecule has 3 heteroatoms. The number of para-hydroxylation sites is 1. The van der Waals surface area contributed by atoms with E-state index in [0.29, 0.717) is 12.3 Å². The number of phenols is 1. The highest BCUT2D eigenvalue weighted by Crippen LogP contribution is 2.23. The summed E-state index contributed by atoms with van der Waals surface area (Å²) in [6.07, 6.45) is 0.719. The largest absolute Gasteiger partial charge is 0.508 e. The maximum atomic E-state index is 9.67. The lowest BCUT2D eigenvalue weighted by molar-refractivity contribution is 0.196. The Balaban J connectivity index is 2.61. The first-order valence-electron chi connectivity index (χ1n) is 6.06. The summed E-state index contributed by atoms with van der Waals surface area (Å²) in [5, 5.41) is 22.1. The van der Waals surface area contributed by atoms with Gasteiger partial charge in [-0.25, -0.2) is 0 Å². The van der Waals surface area contributed by atoms with Crippen molar-refractivity contribution in [2.24, 2.45) is 5.41 Å². The average molecular weight is 237 g/mol. The van der Waals surface area contributed by atoms with Crippen LogP contribution in [0, 0.1) is 5.41 Å². The quantitative estimate of drug-likeness (QED) is 0.736. The number of hydrogen-bond acceptors (Lipinski definition) is 3. The molecular weight excluding hydrogens is 214 g/mol. The van der Waals surface area contributed by atoms with Crippen LogP contribution in [0.15, 0.2) is 24.3 Å². The van der Waals surface area contributed by atoms with Gasteiger partial charge in [-0.05, 0) is 17.9 Å². The SMILES string of the molecule is CC(C)(C)C(CCO)NCc1ccccc1O. The van der Waals surface area contributed by atoms with E-state index in [1.165, 1.54) is 0 Å². The molecule has 0 aliphatic rings. The molecule has 1 atom stereocenters. The molecule has 3 N–H and O–H groups in total. The van der Waals surface area contributed by atoms with E-state index in [1.54, 1.807) is 6.07 Å². The first kappa shape index (κ1) is 14.0. The van der Waals surface area contributed by atoms with Crippen molar-refractivity contribution in [1.82, 2.24) is 5.32 Å². The molecule has 0 saturated carbocycles. The van der Waals surface area contributed by atoms with Gasteiger partial charge in [0.2, 0.25) is 0 Å². The molecule has 0 heterocycles. The zero-order chi connectivity index (χ0) is 12.9. The first-order valence-corrected chi connectivity index (χ1v) is 6.06. The van der Waals surface area contributed by atoms with Gasteiger partial charge in [0.25, 0.3) is 0 Å². The van der Waals surface area contributed by atoms with Gasteiger partial charge in [-0.15, -0.1) is 0 Å². The van der Waals surface area contributed by atoms with Crippen molar-refractivity contribution in [3.63, 3.8) is 0 Å². The normalized spacial score (nSPS) is 13.6. The van der Waals surface area contributed by atoms with Crippen molar-refractivity contribution in [1.29, 1.82) is 0 Å². The Hall–Kier alpha value is -1.06. The maximum Gasteiger partial charge on any atom is 0.120 e. The third-order valence-corrected chi connectivity index (χ3v) is 2.99. The van der Waals surface area contributed by atoms with E-state index in [9.17, 15) is 5.11 Å². The minimum atomic E-state index is 0.0904. The standard InChI is InChI=1S/C14H23NO2/c1-14(2,3)13(8-9-16)15-10-11-6-4-5-7-12(11)17/h4-7,13,15-17H,8-10H2,1-3H3. The molecule has 3 nitrogen and oxygen atoms in total. The summed E-state index contributed by atoms with van der Waals surface area (Å²) in [6.45, 7) is 7.23. The van der Waals surface area contributed by atoms with E-state index >= 15 is 0 Å². The molecule has 0 aliphatic heterocycles. The predicted octanol–water partition coefficient (Wildman–Crippen LogP) is 2.28. The Morgan fingerprint density at radius 3 is 2.41 bits per heavy atom. The van der Waals surface area contributed by atoms with E-state index in [1.807, 2.05) is 18.2 Å². The monoisotopic (exact) mass is 237 g/mol. The average Bonchev–Trinajstić information content (AvgIpc) is 2.24. The summed E-state index contributed by atoms with van der Waals surface area (Å²) >= 11 is 0. The summed E-state index contributed by atoms with van der Waals surface area (Å²) in [5.74, 6) is 0.316. The highest BCUT2D eigenvalue weighted by Gasteiger charge is 2.23. The van der Waals surface area contributed by atoms with Gasteiger partial charge in [0.1, 0.15) is 5.75 Å². The van der Waals surface area contributed by atoms with Gasteiger partial charge in [0.05, 0.1) is 0 Å². The van der Waals surface area contributed by atoms with Crippen LogP contribution in [0.5, 0.6) is 5.75 Å². The van der Waals surface area contributed by atoms with Crippen LogP contribution in [0.2, 0.25) is 0 Å². The second-order valence-electron chi connectivity index (χ2n) is 5.44. The molecular formula is C14H23NO2. The van der Waals surface area contributed by atoms with Gasteiger partial charge in [-0.3, -0.25) is 0 Å². The maximum absolute atomic E-state index is 9.67. The molecule has 0 radical (unpaired) electrons. The van der Waals surface area contributed by atoms with Crippen LogP contribution >= 0.6 is 0 Å². The Morgan fingerprint density at radius 1 is 1.24 bits per heavy atom. The van der Waals surface area contributed by atoms with Crippen LogP contribution in [0.4, 0.5) is 0 Å². The summed E-state index contributed by atoms with van der Waals surface area (Å²) in [7, 11) is 0. The molecule has 0 fully saturated rings. The second kappa shape index (κ2) is 6.03. The number of phenolic OH excluding ortho intramolecular Hbond substituents is 1. The highest BCUT2D eigenvalue weighted by atomic mass is 16.3. The molecule has 1 unspecified atom stereocenters. The minimum absolute atomic E-state index is 0.0904. The van der Waals surface area contributed by atoms with Gasteiger partial charge >= 0.3 is 0 Å². The second-order valence-corrected chi connectivity index (χ2v) is 5.44. The molecule has 1 rings (SSSR count). The van der Waals surface area contributed by atoms with Crippen molar-refractivity contribution in [3.8, 4) is 5.75 Å². The predicted molar refractivity (Wildman–Crippen MR) is 69.9 cm³/mol. The Bertz CT molecular complexity index is 344. The Kier molecular flexibility index (Phi) is 4.97. The van der Waals surface area contributed by atoms with Crippen molar-refractivity contribution in [3.05, 3.63) is 29.8 Å². The number of rotatable bonds is 5. The van der Waals surface area contributed by atoms with Gasteiger partial charge in [-0.1, -0.05) is 39.0 Å². The third-order valence-electron chi connectivity index (χ3n) is 2.99. The van der Waals surface area contributed by atoms with Crippen molar-refractivity contribution < 1.29 is 10.2 Å². The van der Waals surface area contributed by atoms with Crippen LogP contribution in [-0.2, 0) is 6.54 Å². The van der Waals surface area contributed by atoms with Crippen molar-refractivity contribution in [2.75, 3.05) is 6.61 Å². The van der Waals surface area contributed by atoms with Crippen molar-refractivity contribution in [2.45, 2.75) is 39.8 Å². The van der Waals surface area contributed by atoms with Crippen LogP contribution in [0.1, 0.15) is 32.8 Å². The van der Waals surface area contributed by atoms with E-state index in [2.05, 4.69) is 26.1 Å². The Morgan fingerprint density at radius 2 is 1.88 bits per heavy atom. The number of aliphatic hydroxyl groups excluding tert-OH is 1. The van der Waals surface area contributed by atoms with Crippen LogP contribution in [0.3, 0.4) is 0 Å². The summed E-state index contributed by atoms with van der Waals surface area (Å²) in [4.78, 5) is 0. The fourth-order valence-corrected chi connectivity index (χ4v) is 1.86. The summed E-state index contributed by atoms with van der Waals surface area (Å²) < 4.78 is 0. The first-order chi connectivity index (χ1) is 7.95. The lowest BCUT2D eigenvalue weighted by atomic mass is 9.85. The molecule has 17 heavy (non-hydrogen) atoms. The number of hydrogen-bond donors (Lipinski definition) is 3. The zero-order valence-corrected chi connectivity index (χ0v) is 10.9. The lowest BCUT2D eigenvalue weighted by Crippen LogP contribution is -2.40. The lowest BCUT2D eigenvalue weighted by Gasteiger charge is -2.31. The van der Waals surface area contributed by atoms with Crippen LogP contribution < -0.4 is 5.32 Å². The number of aromatic hydroxyl groups is 1. The molecule has 96 valence electrons. The fourth-order valence-electron chi connectivity index (χ4n) is 1.86. The summed E-state index contributed by atoms with van der Waals surface area (Å²) in [6, 6.07) is 7.55. The van der Waals surface area contributed by atoms with Gasteiger partial charge in [0, 0.05) is 24.8 Å². The highest BCUT2D eigenvalue weighted by molar-refractivity contribution is 5.31. The molecule has 0 aromatic heterocycles. The van der Waals surface area contributed by atoms with E-state index in [-0.39, 0.29) is 18.1 Å². The molecule has 0 amide bonds. The molecule has 0 aliphatic carbocycles. The smallest absolute Gasteiger partial charge is 0.120 e. The van der Waals surface area contributed by atoms with Gasteiger partial charge in [0.15, 0.2) is 0 Å². The number of benzene rings is 1. The van der Waals surface area contributed by atoms with E-state index in [0.717, 1.165) is 12.0 Å². The molecule has 1 aromatic rings. The molecule has 0 saturated heterocycles. The van der Waals surface area contributed by atoms with Gasteiger partial charge < -0.3 is 15.5 Å². The van der Waals surface area contributed by atoms with E-state index in [4.69, 9.17) is 5.11 Å².